The van der Waals surface area contributed by atoms with Gasteiger partial charge in [0, 0.05) is 24.2 Å². The Morgan fingerprint density at radius 1 is 1.33 bits per heavy atom. The first-order valence-corrected chi connectivity index (χ1v) is 6.27. The van der Waals surface area contributed by atoms with Crippen molar-refractivity contribution < 1.29 is 4.39 Å². The molecule has 2 aromatic rings. The van der Waals surface area contributed by atoms with Crippen LogP contribution in [0, 0.1) is 5.82 Å². The van der Waals surface area contributed by atoms with Gasteiger partial charge in [0.15, 0.2) is 0 Å². The molecular weight excluding hydrogens is 229 g/mol. The standard InChI is InChI=1S/C14H16FN3/c15-13-4-1-10(7-12(13)8-16)9-18-6-5-14(17-18)11-2-3-11/h1,4-7,11H,2-3,8-9,16H2. The number of aromatic nitrogens is 2. The number of nitrogens with zero attached hydrogens (tertiary/aromatic N) is 2. The van der Waals surface area contributed by atoms with Crippen molar-refractivity contribution in [2.24, 2.45) is 5.73 Å². The molecule has 0 unspecified atom stereocenters. The first kappa shape index (κ1) is 11.4. The third-order valence-corrected chi connectivity index (χ3v) is 3.33. The van der Waals surface area contributed by atoms with Crippen molar-refractivity contribution in [3.05, 3.63) is 53.1 Å². The van der Waals surface area contributed by atoms with Crippen molar-refractivity contribution in [3.8, 4) is 0 Å². The number of nitrogens with two attached hydrogens (primary N) is 1. The molecule has 1 aromatic carbocycles. The molecule has 1 fully saturated rings. The van der Waals surface area contributed by atoms with Gasteiger partial charge < -0.3 is 5.73 Å². The monoisotopic (exact) mass is 245 g/mol. The summed E-state index contributed by atoms with van der Waals surface area (Å²) in [5.74, 6) is 0.430. The topological polar surface area (TPSA) is 43.8 Å². The zero-order valence-electron chi connectivity index (χ0n) is 10.1. The third-order valence-electron chi connectivity index (χ3n) is 3.33. The molecule has 1 aromatic heterocycles. The van der Waals surface area contributed by atoms with Crippen molar-refractivity contribution >= 4 is 0 Å². The summed E-state index contributed by atoms with van der Waals surface area (Å²) < 4.78 is 15.2. The maximum Gasteiger partial charge on any atom is 0.127 e. The summed E-state index contributed by atoms with van der Waals surface area (Å²) in [6, 6.07) is 7.15. The number of rotatable bonds is 4. The highest BCUT2D eigenvalue weighted by Gasteiger charge is 2.25. The van der Waals surface area contributed by atoms with E-state index >= 15 is 0 Å². The van der Waals surface area contributed by atoms with Gasteiger partial charge in [0.2, 0.25) is 0 Å². The minimum Gasteiger partial charge on any atom is -0.326 e. The average molecular weight is 245 g/mol. The smallest absolute Gasteiger partial charge is 0.127 e. The second-order valence-corrected chi connectivity index (χ2v) is 4.84. The molecule has 0 atom stereocenters. The van der Waals surface area contributed by atoms with Gasteiger partial charge in [-0.25, -0.2) is 4.39 Å². The minimum atomic E-state index is -0.236. The Labute approximate surface area is 105 Å². The molecule has 3 nitrogen and oxygen atoms in total. The van der Waals surface area contributed by atoms with E-state index in [2.05, 4.69) is 11.2 Å². The van der Waals surface area contributed by atoms with Gasteiger partial charge in [-0.3, -0.25) is 4.68 Å². The maximum atomic E-state index is 13.3. The van der Waals surface area contributed by atoms with Crippen LogP contribution >= 0.6 is 0 Å². The number of benzene rings is 1. The van der Waals surface area contributed by atoms with E-state index in [1.807, 2.05) is 16.9 Å². The van der Waals surface area contributed by atoms with E-state index in [1.165, 1.54) is 24.6 Å². The van der Waals surface area contributed by atoms with E-state index in [0.29, 0.717) is 18.0 Å². The average Bonchev–Trinajstić information content (AvgIpc) is 3.13. The Hall–Kier alpha value is -1.68. The molecule has 0 saturated heterocycles. The highest BCUT2D eigenvalue weighted by Crippen LogP contribution is 2.38. The van der Waals surface area contributed by atoms with E-state index in [1.54, 1.807) is 6.07 Å². The SMILES string of the molecule is NCc1cc(Cn2ccc(C3CC3)n2)ccc1F. The van der Waals surface area contributed by atoms with Gasteiger partial charge in [-0.05, 0) is 36.6 Å². The van der Waals surface area contributed by atoms with E-state index < -0.39 is 0 Å². The number of hydrogen-bond acceptors (Lipinski definition) is 2. The highest BCUT2D eigenvalue weighted by molar-refractivity contribution is 5.25. The summed E-state index contributed by atoms with van der Waals surface area (Å²) in [4.78, 5) is 0. The fourth-order valence-electron chi connectivity index (χ4n) is 2.13. The molecular formula is C14H16FN3. The van der Waals surface area contributed by atoms with Crippen molar-refractivity contribution in [1.29, 1.82) is 0 Å². The lowest BCUT2D eigenvalue weighted by Crippen LogP contribution is -2.04. The molecule has 94 valence electrons. The summed E-state index contributed by atoms with van der Waals surface area (Å²) in [5.41, 5.74) is 8.27. The van der Waals surface area contributed by atoms with Gasteiger partial charge in [0.25, 0.3) is 0 Å². The van der Waals surface area contributed by atoms with Crippen molar-refractivity contribution in [2.45, 2.75) is 31.8 Å². The van der Waals surface area contributed by atoms with E-state index in [9.17, 15) is 4.39 Å². The molecule has 2 N–H and O–H groups in total. The summed E-state index contributed by atoms with van der Waals surface area (Å²) in [7, 11) is 0. The Bertz CT molecular complexity index is 558. The van der Waals surface area contributed by atoms with E-state index in [4.69, 9.17) is 5.73 Å². The predicted molar refractivity (Wildman–Crippen MR) is 67.6 cm³/mol. The van der Waals surface area contributed by atoms with Crippen LogP contribution in [0.3, 0.4) is 0 Å². The zero-order chi connectivity index (χ0) is 12.5. The Kier molecular flexibility index (Phi) is 2.88. The molecule has 3 rings (SSSR count). The summed E-state index contributed by atoms with van der Waals surface area (Å²) in [6.07, 6.45) is 4.49. The lowest BCUT2D eigenvalue weighted by molar-refractivity contribution is 0.606. The van der Waals surface area contributed by atoms with Gasteiger partial charge in [-0.15, -0.1) is 0 Å². The second kappa shape index (κ2) is 4.53. The summed E-state index contributed by atoms with van der Waals surface area (Å²) in [5, 5.41) is 4.54. The van der Waals surface area contributed by atoms with Gasteiger partial charge in [0.1, 0.15) is 5.82 Å². The van der Waals surface area contributed by atoms with Crippen LogP contribution in [0.2, 0.25) is 0 Å². The normalized spacial score (nSPS) is 15.0. The van der Waals surface area contributed by atoms with Crippen LogP contribution in [-0.4, -0.2) is 9.78 Å². The molecule has 0 spiro atoms. The van der Waals surface area contributed by atoms with Crippen LogP contribution in [-0.2, 0) is 13.1 Å². The first-order chi connectivity index (χ1) is 8.76. The quantitative estimate of drug-likeness (QED) is 0.899. The lowest BCUT2D eigenvalue weighted by atomic mass is 10.1. The second-order valence-electron chi connectivity index (χ2n) is 4.84. The molecule has 0 radical (unpaired) electrons. The third kappa shape index (κ3) is 2.29. The van der Waals surface area contributed by atoms with E-state index in [-0.39, 0.29) is 12.4 Å². The fraction of sp³-hybridized carbons (Fsp3) is 0.357. The van der Waals surface area contributed by atoms with Crippen LogP contribution < -0.4 is 5.73 Å². The molecule has 1 heterocycles. The minimum absolute atomic E-state index is 0.228. The molecule has 18 heavy (non-hydrogen) atoms. The van der Waals surface area contributed by atoms with Crippen LogP contribution in [0.1, 0.15) is 35.6 Å². The summed E-state index contributed by atoms with van der Waals surface area (Å²) >= 11 is 0. The Balaban J connectivity index is 1.78. The lowest BCUT2D eigenvalue weighted by Gasteiger charge is -2.05. The van der Waals surface area contributed by atoms with Gasteiger partial charge in [0.05, 0.1) is 12.2 Å². The van der Waals surface area contributed by atoms with Crippen LogP contribution in [0.5, 0.6) is 0 Å². The van der Waals surface area contributed by atoms with Gasteiger partial charge in [-0.2, -0.15) is 5.10 Å². The Morgan fingerprint density at radius 2 is 2.17 bits per heavy atom. The molecule has 1 aliphatic carbocycles. The van der Waals surface area contributed by atoms with Gasteiger partial charge >= 0.3 is 0 Å². The molecule has 0 amide bonds. The Morgan fingerprint density at radius 3 is 2.89 bits per heavy atom. The highest BCUT2D eigenvalue weighted by atomic mass is 19.1. The first-order valence-electron chi connectivity index (χ1n) is 6.27. The zero-order valence-corrected chi connectivity index (χ0v) is 10.1. The molecule has 1 saturated carbocycles. The van der Waals surface area contributed by atoms with Crippen molar-refractivity contribution in [3.63, 3.8) is 0 Å². The van der Waals surface area contributed by atoms with Crippen LogP contribution in [0.4, 0.5) is 4.39 Å². The molecule has 4 heteroatoms. The van der Waals surface area contributed by atoms with E-state index in [0.717, 1.165) is 5.56 Å². The number of halogens is 1. The fourth-order valence-corrected chi connectivity index (χ4v) is 2.13. The number of hydrogen-bond donors (Lipinski definition) is 1. The summed E-state index contributed by atoms with van der Waals surface area (Å²) in [6.45, 7) is 0.895. The maximum absolute atomic E-state index is 13.3. The molecule has 0 bridgehead atoms. The predicted octanol–water partition coefficient (Wildman–Crippen LogP) is 2.41. The largest absolute Gasteiger partial charge is 0.326 e. The molecule has 0 aliphatic heterocycles. The van der Waals surface area contributed by atoms with Gasteiger partial charge in [-0.1, -0.05) is 6.07 Å². The van der Waals surface area contributed by atoms with Crippen molar-refractivity contribution in [2.75, 3.05) is 0 Å². The van der Waals surface area contributed by atoms with Crippen molar-refractivity contribution in [1.82, 2.24) is 9.78 Å². The molecule has 1 aliphatic rings. The van der Waals surface area contributed by atoms with Crippen LogP contribution in [0.25, 0.3) is 0 Å². The van der Waals surface area contributed by atoms with Crippen LogP contribution in [0.15, 0.2) is 30.5 Å².